The van der Waals surface area contributed by atoms with Crippen molar-refractivity contribution in [2.45, 2.75) is 71.7 Å². The highest BCUT2D eigenvalue weighted by atomic mass is 16.6. The van der Waals surface area contributed by atoms with Gasteiger partial charge in [-0.05, 0) is 85.2 Å². The summed E-state index contributed by atoms with van der Waals surface area (Å²) in [6.45, 7) is 10.1. The summed E-state index contributed by atoms with van der Waals surface area (Å²) < 4.78 is 20.4. The van der Waals surface area contributed by atoms with E-state index in [-0.39, 0.29) is 58.7 Å². The van der Waals surface area contributed by atoms with Crippen molar-refractivity contribution in [2.24, 2.45) is 5.92 Å². The van der Waals surface area contributed by atoms with Crippen LogP contribution in [0.2, 0.25) is 5.82 Å². The number of aromatic hydroxyl groups is 2. The molecular formula is C46H48BN7O8. The van der Waals surface area contributed by atoms with Gasteiger partial charge in [-0.25, -0.2) is 4.98 Å². The second-order valence-electron chi connectivity index (χ2n) is 15.8. The zero-order valence-electron chi connectivity index (χ0n) is 35.1. The fourth-order valence-corrected chi connectivity index (χ4v) is 7.37. The second-order valence-corrected chi connectivity index (χ2v) is 15.8. The number of fused-ring (bicyclic) bond motifs is 1. The van der Waals surface area contributed by atoms with Crippen molar-refractivity contribution in [1.29, 1.82) is 0 Å². The number of hydrogen-bond acceptors (Lipinski definition) is 12. The molecule has 2 atom stereocenters. The maximum Gasteiger partial charge on any atom is 0.598 e. The molecule has 0 radical (unpaired) electrons. The molecule has 0 unspecified atom stereocenters. The molecule has 62 heavy (non-hydrogen) atoms. The van der Waals surface area contributed by atoms with Crippen LogP contribution in [0.1, 0.15) is 85.6 Å². The second kappa shape index (κ2) is 19.0. The Kier molecular flexibility index (Phi) is 13.1. The Labute approximate surface area is 359 Å². The van der Waals surface area contributed by atoms with Gasteiger partial charge in [0.2, 0.25) is 5.82 Å². The molecule has 7 rings (SSSR count). The Morgan fingerprint density at radius 3 is 2.27 bits per heavy atom. The number of rotatable bonds is 17. The highest BCUT2D eigenvalue weighted by molar-refractivity contribution is 6.50. The molecule has 0 saturated carbocycles. The maximum atomic E-state index is 14.1. The molecule has 0 fully saturated rings. The summed E-state index contributed by atoms with van der Waals surface area (Å²) >= 11 is 0. The topological polar surface area (TPSA) is 200 Å². The molecule has 15 nitrogen and oxygen atoms in total. The molecule has 0 saturated heterocycles. The van der Waals surface area contributed by atoms with E-state index in [1.165, 1.54) is 24.7 Å². The molecule has 4 N–H and O–H groups in total. The molecule has 3 heterocycles. The van der Waals surface area contributed by atoms with Gasteiger partial charge in [0, 0.05) is 49.0 Å². The third kappa shape index (κ3) is 9.86. The van der Waals surface area contributed by atoms with E-state index in [0.717, 1.165) is 5.56 Å². The normalized spacial score (nSPS) is 12.9. The molecule has 318 valence electrons. The first-order valence-electron chi connectivity index (χ1n) is 20.6. The average molecular weight is 838 g/mol. The number of benzene rings is 4. The molecular weight excluding hydrogens is 789 g/mol. The van der Waals surface area contributed by atoms with Crippen LogP contribution in [0.25, 0.3) is 17.1 Å². The van der Waals surface area contributed by atoms with Gasteiger partial charge in [-0.15, -0.1) is 10.2 Å². The Hall–Kier alpha value is -7.23. The fraction of sp³-hybridized carbons (Fsp3) is 0.283. The van der Waals surface area contributed by atoms with Gasteiger partial charge in [0.25, 0.3) is 11.8 Å². The van der Waals surface area contributed by atoms with Crippen LogP contribution >= 0.6 is 0 Å². The van der Waals surface area contributed by atoms with E-state index in [1.807, 2.05) is 44.2 Å². The lowest BCUT2D eigenvalue weighted by Crippen LogP contribution is -2.44. The molecule has 1 aliphatic rings. The van der Waals surface area contributed by atoms with Gasteiger partial charge in [0.1, 0.15) is 40.2 Å². The molecule has 6 aromatic rings. The minimum Gasteiger partial charge on any atom is -0.523 e. The predicted octanol–water partition coefficient (Wildman–Crippen LogP) is 7.48. The number of ether oxygens (including phenoxy) is 1. The average Bonchev–Trinajstić information content (AvgIpc) is 3.89. The quantitative estimate of drug-likeness (QED) is 0.0662. The van der Waals surface area contributed by atoms with Crippen LogP contribution in [0.4, 0.5) is 0 Å². The van der Waals surface area contributed by atoms with E-state index >= 15 is 0 Å². The number of Topliss-reactive ketones (excluding diaryl/α,β-unsaturated/α-hetero) is 1. The van der Waals surface area contributed by atoms with E-state index < -0.39 is 25.0 Å². The number of phenolic OH excluding ortho intramolecular Hbond substituents is 2. The Bertz CT molecular complexity index is 2540. The van der Waals surface area contributed by atoms with Crippen LogP contribution in [0.3, 0.4) is 0 Å². The predicted molar refractivity (Wildman–Crippen MR) is 232 cm³/mol. The van der Waals surface area contributed by atoms with Gasteiger partial charge in [-0.2, -0.15) is 0 Å². The third-order valence-electron chi connectivity index (χ3n) is 10.3. The number of amides is 2. The van der Waals surface area contributed by atoms with E-state index in [4.69, 9.17) is 14.0 Å². The summed E-state index contributed by atoms with van der Waals surface area (Å²) in [6.07, 6.45) is 5.28. The minimum absolute atomic E-state index is 0.00962. The lowest BCUT2D eigenvalue weighted by molar-refractivity contribution is -0.121. The monoisotopic (exact) mass is 837 g/mol. The standard InChI is InChI=1S/C46H48BN7O8/c1-6-49-46(59)44-53-52-43(35-24-34(28(4)5)38(55)25-39(35)56)54(44)31-12-14-32(15-13-31)60-33-16-17-41-42(23-33)62-47(61-41)30(20-27(2)3)22-40(57)36(21-29-10-8-7-9-11-29)51-45(58)37-26-48-18-19-50-37/h7-19,23-28,30,36,55-56H,6,20-22H2,1-5H3,(H,49,59)(H,51,58)/t30-,36+/m1/s1. The first-order chi connectivity index (χ1) is 29.9. The molecule has 0 bridgehead atoms. The molecule has 16 heteroatoms. The fourth-order valence-electron chi connectivity index (χ4n) is 7.37. The molecule has 2 aromatic heterocycles. The summed E-state index contributed by atoms with van der Waals surface area (Å²) in [4.78, 5) is 48.5. The number of phenols is 2. The van der Waals surface area contributed by atoms with E-state index in [1.54, 1.807) is 60.0 Å². The molecule has 1 aliphatic heterocycles. The molecule has 4 aromatic carbocycles. The lowest BCUT2D eigenvalue weighted by atomic mass is 9.65. The summed E-state index contributed by atoms with van der Waals surface area (Å²) in [7, 11) is -0.763. The van der Waals surface area contributed by atoms with Crippen molar-refractivity contribution in [3.05, 3.63) is 126 Å². The largest absolute Gasteiger partial charge is 0.598 e. The molecule has 0 aliphatic carbocycles. The first kappa shape index (κ1) is 42.9. The Morgan fingerprint density at radius 2 is 1.58 bits per heavy atom. The van der Waals surface area contributed by atoms with Crippen LogP contribution in [0.15, 0.2) is 104 Å². The highest BCUT2D eigenvalue weighted by Gasteiger charge is 2.42. The van der Waals surface area contributed by atoms with Crippen molar-refractivity contribution in [3.8, 4) is 51.6 Å². The molecule has 2 amide bonds. The SMILES string of the molecule is CCNC(=O)c1nnc(-c2cc(C(C)C)c(O)cc2O)n1-c1ccc(Oc2ccc3c(c2)OB([C@@H](CC(=O)[C@H](Cc2ccccc2)NC(=O)c2cnccn2)CC(C)C)O3)cc1. The number of nitrogens with zero attached hydrogens (tertiary/aromatic N) is 5. The van der Waals surface area contributed by atoms with Crippen LogP contribution in [0.5, 0.6) is 34.5 Å². The van der Waals surface area contributed by atoms with E-state index in [0.29, 0.717) is 59.2 Å². The van der Waals surface area contributed by atoms with Gasteiger partial charge < -0.3 is 34.9 Å². The van der Waals surface area contributed by atoms with Crippen molar-refractivity contribution < 1.29 is 38.6 Å². The number of nitrogens with one attached hydrogen (secondary N) is 2. The van der Waals surface area contributed by atoms with Gasteiger partial charge in [0.05, 0.1) is 17.8 Å². The summed E-state index contributed by atoms with van der Waals surface area (Å²) in [5.74, 6) is 0.566. The summed E-state index contributed by atoms with van der Waals surface area (Å²) in [5.41, 5.74) is 2.44. The number of hydrogen-bond donors (Lipinski definition) is 4. The summed E-state index contributed by atoms with van der Waals surface area (Å²) in [6, 6.07) is 23.8. The van der Waals surface area contributed by atoms with Crippen LogP contribution in [-0.4, -0.2) is 72.2 Å². The Balaban J connectivity index is 1.08. The van der Waals surface area contributed by atoms with E-state index in [9.17, 15) is 24.6 Å². The van der Waals surface area contributed by atoms with E-state index in [2.05, 4.69) is 44.6 Å². The van der Waals surface area contributed by atoms with Crippen molar-refractivity contribution in [3.63, 3.8) is 0 Å². The Morgan fingerprint density at radius 1 is 0.839 bits per heavy atom. The van der Waals surface area contributed by atoms with Gasteiger partial charge in [-0.3, -0.25) is 23.9 Å². The molecule has 0 spiro atoms. The lowest BCUT2D eigenvalue weighted by Gasteiger charge is -2.23. The first-order valence-corrected chi connectivity index (χ1v) is 20.6. The van der Waals surface area contributed by atoms with Crippen molar-refractivity contribution in [1.82, 2.24) is 35.4 Å². The number of ketones is 1. The van der Waals surface area contributed by atoms with Gasteiger partial charge in [0.15, 0.2) is 11.6 Å². The minimum atomic E-state index is -0.828. The zero-order chi connectivity index (χ0) is 43.9. The van der Waals surface area contributed by atoms with Crippen molar-refractivity contribution in [2.75, 3.05) is 6.54 Å². The number of carbonyl (C=O) groups is 3. The third-order valence-corrected chi connectivity index (χ3v) is 10.3. The van der Waals surface area contributed by atoms with Crippen LogP contribution in [0, 0.1) is 5.92 Å². The summed E-state index contributed by atoms with van der Waals surface area (Å²) in [5, 5.41) is 35.5. The smallest absolute Gasteiger partial charge is 0.523 e. The highest BCUT2D eigenvalue weighted by Crippen LogP contribution is 2.43. The van der Waals surface area contributed by atoms with Crippen LogP contribution in [-0.2, 0) is 11.2 Å². The van der Waals surface area contributed by atoms with Gasteiger partial charge in [-0.1, -0.05) is 58.0 Å². The zero-order valence-corrected chi connectivity index (χ0v) is 35.1. The van der Waals surface area contributed by atoms with Crippen molar-refractivity contribution >= 4 is 24.7 Å². The number of aromatic nitrogens is 5. The number of carbonyl (C=O) groups excluding carboxylic acids is 3. The maximum absolute atomic E-state index is 14.1. The van der Waals surface area contributed by atoms with Gasteiger partial charge >= 0.3 is 7.12 Å². The van der Waals surface area contributed by atoms with Crippen LogP contribution < -0.4 is 24.7 Å².